The van der Waals surface area contributed by atoms with Crippen LogP contribution in [0.15, 0.2) is 18.2 Å². The lowest BCUT2D eigenvalue weighted by molar-refractivity contribution is 0.0696. The van der Waals surface area contributed by atoms with Gasteiger partial charge in [0.1, 0.15) is 0 Å². The second-order valence-corrected chi connectivity index (χ2v) is 3.00. The van der Waals surface area contributed by atoms with E-state index in [1.165, 1.54) is 0 Å². The van der Waals surface area contributed by atoms with Gasteiger partial charge in [0, 0.05) is 0 Å². The normalized spacial score (nSPS) is 8.84. The molecule has 0 fully saturated rings. The number of carboxylic acid groups (broad SMARTS) is 5. The Balaban J connectivity index is 0.000000711. The third kappa shape index (κ3) is 5.68. The molecule has 0 radical (unpaired) electrons. The first-order chi connectivity index (χ1) is 8.65. The summed E-state index contributed by atoms with van der Waals surface area (Å²) in [4.78, 5) is 40.2. The van der Waals surface area contributed by atoms with Crippen molar-refractivity contribution in [1.29, 1.82) is 0 Å². The van der Waals surface area contributed by atoms with Gasteiger partial charge in [0.2, 0.25) is 0 Å². The van der Waals surface area contributed by atoms with Crippen molar-refractivity contribution < 1.29 is 44.7 Å². The lowest BCUT2D eigenvalue weighted by Crippen LogP contribution is -2.07. The standard InChI is InChI=1S/C9H6O6.CH2O3/c10-7(11)4-1-5(8(12)13)3-6(2-4)9(14)15;2-1(3)4/h1-3H,(H,10,11)(H,12,13)(H,14,15);(H2,2,3,4). The van der Waals surface area contributed by atoms with E-state index in [9.17, 15) is 14.4 Å². The summed E-state index contributed by atoms with van der Waals surface area (Å²) in [5.74, 6) is -4.12. The first-order valence-corrected chi connectivity index (χ1v) is 4.42. The molecule has 0 unspecified atom stereocenters. The summed E-state index contributed by atoms with van der Waals surface area (Å²) in [7, 11) is 0. The maximum atomic E-state index is 10.6. The van der Waals surface area contributed by atoms with E-state index >= 15 is 0 Å². The van der Waals surface area contributed by atoms with E-state index in [-0.39, 0.29) is 16.7 Å². The zero-order chi connectivity index (χ0) is 15.2. The first kappa shape index (κ1) is 15.9. The van der Waals surface area contributed by atoms with Crippen LogP contribution in [0.25, 0.3) is 0 Å². The van der Waals surface area contributed by atoms with Crippen LogP contribution >= 0.6 is 0 Å². The molecule has 1 rings (SSSR count). The highest BCUT2D eigenvalue weighted by atomic mass is 16.6. The number of hydrogen-bond acceptors (Lipinski definition) is 4. The molecule has 0 amide bonds. The Hall–Kier alpha value is -3.10. The molecule has 5 N–H and O–H groups in total. The molecular weight excluding hydrogens is 264 g/mol. The topological polar surface area (TPSA) is 169 Å². The highest BCUT2D eigenvalue weighted by molar-refractivity contribution is 5.98. The molecule has 0 saturated heterocycles. The zero-order valence-electron chi connectivity index (χ0n) is 9.10. The van der Waals surface area contributed by atoms with Crippen LogP contribution in [-0.4, -0.2) is 49.6 Å². The van der Waals surface area contributed by atoms with Crippen LogP contribution in [-0.2, 0) is 0 Å². The largest absolute Gasteiger partial charge is 0.503 e. The molecule has 9 nitrogen and oxygen atoms in total. The molecule has 1 aromatic rings. The highest BCUT2D eigenvalue weighted by Crippen LogP contribution is 2.11. The van der Waals surface area contributed by atoms with Crippen LogP contribution < -0.4 is 0 Å². The van der Waals surface area contributed by atoms with Crippen LogP contribution in [0.2, 0.25) is 0 Å². The van der Waals surface area contributed by atoms with Crippen molar-refractivity contribution in [3.05, 3.63) is 34.9 Å². The van der Waals surface area contributed by atoms with Gasteiger partial charge in [-0.15, -0.1) is 0 Å². The van der Waals surface area contributed by atoms with E-state index < -0.39 is 24.1 Å². The molecule has 19 heavy (non-hydrogen) atoms. The quantitative estimate of drug-likeness (QED) is 0.538. The van der Waals surface area contributed by atoms with E-state index in [4.69, 9.17) is 30.3 Å². The van der Waals surface area contributed by atoms with Crippen molar-refractivity contribution >= 4 is 24.1 Å². The molecule has 0 aromatic heterocycles. The smallest absolute Gasteiger partial charge is 0.478 e. The molecule has 0 aliphatic carbocycles. The van der Waals surface area contributed by atoms with Gasteiger partial charge >= 0.3 is 24.1 Å². The molecule has 0 aliphatic heterocycles. The minimum absolute atomic E-state index is 0.368. The Bertz CT molecular complexity index is 449. The van der Waals surface area contributed by atoms with Gasteiger partial charge in [-0.1, -0.05) is 0 Å². The average molecular weight is 272 g/mol. The van der Waals surface area contributed by atoms with E-state index in [1.807, 2.05) is 0 Å². The summed E-state index contributed by atoms with van der Waals surface area (Å²) < 4.78 is 0. The molecule has 102 valence electrons. The first-order valence-electron chi connectivity index (χ1n) is 4.42. The van der Waals surface area contributed by atoms with Crippen molar-refractivity contribution in [3.8, 4) is 0 Å². The summed E-state index contributed by atoms with van der Waals surface area (Å²) >= 11 is 0. The Morgan fingerprint density at radius 3 is 0.842 bits per heavy atom. The maximum absolute atomic E-state index is 10.6. The SMILES string of the molecule is O=C(O)O.O=C(O)c1cc(C(=O)O)cc(C(=O)O)c1. The number of carbonyl (C=O) groups is 4. The second kappa shape index (κ2) is 6.59. The molecule has 0 saturated carbocycles. The number of aromatic carboxylic acids is 3. The van der Waals surface area contributed by atoms with Gasteiger partial charge in [-0.3, -0.25) is 0 Å². The van der Waals surface area contributed by atoms with Gasteiger partial charge in [0.05, 0.1) is 16.7 Å². The molecule has 0 aliphatic rings. The molecule has 9 heteroatoms. The van der Waals surface area contributed by atoms with Crippen LogP contribution in [0, 0.1) is 0 Å². The average Bonchev–Trinajstić information content (AvgIpc) is 2.27. The third-order valence-corrected chi connectivity index (χ3v) is 1.67. The predicted molar refractivity (Wildman–Crippen MR) is 58.0 cm³/mol. The lowest BCUT2D eigenvalue weighted by atomic mass is 10.1. The fourth-order valence-electron chi connectivity index (χ4n) is 0.998. The molecule has 0 heterocycles. The summed E-state index contributed by atoms with van der Waals surface area (Å²) in [5.41, 5.74) is -1.10. The summed E-state index contributed by atoms with van der Waals surface area (Å²) in [6.45, 7) is 0. The molecular formula is C10H8O9. The van der Waals surface area contributed by atoms with Crippen molar-refractivity contribution in [2.45, 2.75) is 0 Å². The zero-order valence-corrected chi connectivity index (χ0v) is 9.10. The molecule has 1 aromatic carbocycles. The van der Waals surface area contributed by atoms with E-state index in [0.29, 0.717) is 0 Å². The van der Waals surface area contributed by atoms with Gasteiger partial charge in [-0.25, -0.2) is 19.2 Å². The predicted octanol–water partition coefficient (Wildman–Crippen LogP) is 1.00. The van der Waals surface area contributed by atoms with Crippen LogP contribution in [0.1, 0.15) is 31.1 Å². The molecule has 0 spiro atoms. The number of hydrogen-bond donors (Lipinski definition) is 5. The molecule has 0 atom stereocenters. The van der Waals surface area contributed by atoms with Crippen molar-refractivity contribution in [2.75, 3.05) is 0 Å². The van der Waals surface area contributed by atoms with Gasteiger partial charge < -0.3 is 25.5 Å². The van der Waals surface area contributed by atoms with Crippen LogP contribution in [0.5, 0.6) is 0 Å². The second-order valence-electron chi connectivity index (χ2n) is 3.00. The Morgan fingerprint density at radius 1 is 0.579 bits per heavy atom. The Morgan fingerprint density at radius 2 is 0.737 bits per heavy atom. The fourth-order valence-corrected chi connectivity index (χ4v) is 0.998. The Labute approximate surface area is 105 Å². The summed E-state index contributed by atoms with van der Waals surface area (Å²) in [5, 5.41) is 39.8. The van der Waals surface area contributed by atoms with Crippen LogP contribution in [0.3, 0.4) is 0 Å². The van der Waals surface area contributed by atoms with E-state index in [2.05, 4.69) is 0 Å². The maximum Gasteiger partial charge on any atom is 0.503 e. The van der Waals surface area contributed by atoms with Gasteiger partial charge in [-0.05, 0) is 18.2 Å². The summed E-state index contributed by atoms with van der Waals surface area (Å²) in [6, 6.07) is 2.70. The van der Waals surface area contributed by atoms with Gasteiger partial charge in [-0.2, -0.15) is 0 Å². The summed E-state index contributed by atoms with van der Waals surface area (Å²) in [6.07, 6.45) is -1.83. The third-order valence-electron chi connectivity index (χ3n) is 1.67. The van der Waals surface area contributed by atoms with Crippen molar-refractivity contribution in [1.82, 2.24) is 0 Å². The van der Waals surface area contributed by atoms with Gasteiger partial charge in [0.15, 0.2) is 0 Å². The number of benzene rings is 1. The van der Waals surface area contributed by atoms with Crippen LogP contribution in [0.4, 0.5) is 4.79 Å². The molecule has 0 bridgehead atoms. The Kier molecular flexibility index (Phi) is 5.52. The monoisotopic (exact) mass is 272 g/mol. The fraction of sp³-hybridized carbons (Fsp3) is 0. The number of carboxylic acids is 3. The van der Waals surface area contributed by atoms with E-state index in [0.717, 1.165) is 18.2 Å². The van der Waals surface area contributed by atoms with Crippen molar-refractivity contribution in [3.63, 3.8) is 0 Å². The number of rotatable bonds is 3. The lowest BCUT2D eigenvalue weighted by Gasteiger charge is -2.00. The minimum Gasteiger partial charge on any atom is -0.478 e. The highest BCUT2D eigenvalue weighted by Gasteiger charge is 2.14. The minimum atomic E-state index is -1.83. The van der Waals surface area contributed by atoms with Gasteiger partial charge in [0.25, 0.3) is 0 Å². The van der Waals surface area contributed by atoms with E-state index in [1.54, 1.807) is 0 Å². The van der Waals surface area contributed by atoms with Crippen molar-refractivity contribution in [2.24, 2.45) is 0 Å².